The zero-order valence-electron chi connectivity index (χ0n) is 10.8. The lowest BCUT2D eigenvalue weighted by atomic mass is 10.0. The minimum Gasteiger partial charge on any atom is -0.497 e. The van der Waals surface area contributed by atoms with Gasteiger partial charge in [0.25, 0.3) is 0 Å². The molecule has 1 saturated carbocycles. The molecule has 0 radical (unpaired) electrons. The molecule has 0 unspecified atom stereocenters. The molecule has 0 N–H and O–H groups in total. The van der Waals surface area contributed by atoms with Gasteiger partial charge < -0.3 is 4.74 Å². The van der Waals surface area contributed by atoms with E-state index in [9.17, 15) is 0 Å². The van der Waals surface area contributed by atoms with E-state index in [0.717, 1.165) is 11.3 Å². The summed E-state index contributed by atoms with van der Waals surface area (Å²) in [6, 6.07) is 18.4. The molecule has 3 rings (SSSR count). The van der Waals surface area contributed by atoms with Gasteiger partial charge >= 0.3 is 0 Å². The third kappa shape index (κ3) is 2.32. The molecule has 94 valence electrons. The Hall–Kier alpha value is -2.27. The second-order valence-electron chi connectivity index (χ2n) is 4.96. The highest BCUT2D eigenvalue weighted by molar-refractivity contribution is 5.41. The van der Waals surface area contributed by atoms with Crippen LogP contribution in [-0.2, 0) is 0 Å². The van der Waals surface area contributed by atoms with Gasteiger partial charge in [-0.05, 0) is 53.6 Å². The summed E-state index contributed by atoms with van der Waals surface area (Å²) >= 11 is 0. The minimum absolute atomic E-state index is 0.598. The Balaban J connectivity index is 1.74. The van der Waals surface area contributed by atoms with Gasteiger partial charge in [-0.15, -0.1) is 0 Å². The van der Waals surface area contributed by atoms with E-state index in [2.05, 4.69) is 30.3 Å². The predicted molar refractivity (Wildman–Crippen MR) is 74.3 cm³/mol. The van der Waals surface area contributed by atoms with Crippen LogP contribution in [0.2, 0.25) is 0 Å². The summed E-state index contributed by atoms with van der Waals surface area (Å²) in [6.07, 6.45) is 1.19. The monoisotopic (exact) mass is 249 g/mol. The average Bonchev–Trinajstić information content (AvgIpc) is 3.28. The molecule has 0 heterocycles. The van der Waals surface area contributed by atoms with Gasteiger partial charge in [-0.1, -0.05) is 24.3 Å². The first-order valence-corrected chi connectivity index (χ1v) is 6.46. The maximum absolute atomic E-state index is 8.80. The van der Waals surface area contributed by atoms with E-state index in [4.69, 9.17) is 10.00 Å². The molecule has 0 saturated heterocycles. The Morgan fingerprint density at radius 2 is 1.47 bits per heavy atom. The molecule has 0 amide bonds. The summed E-state index contributed by atoms with van der Waals surface area (Å²) in [7, 11) is 1.69. The van der Waals surface area contributed by atoms with E-state index in [1.54, 1.807) is 7.11 Å². The van der Waals surface area contributed by atoms with Crippen LogP contribution in [0.3, 0.4) is 0 Å². The topological polar surface area (TPSA) is 33.0 Å². The van der Waals surface area contributed by atoms with Crippen molar-refractivity contribution in [2.24, 2.45) is 0 Å². The SMILES string of the molecule is COc1ccc([C@H]2C[C@H]2c2ccc(C#N)cc2)cc1. The Kier molecular flexibility index (Phi) is 2.97. The quantitative estimate of drug-likeness (QED) is 0.828. The normalized spacial score (nSPS) is 20.6. The molecule has 1 fully saturated rings. The maximum atomic E-state index is 8.80. The lowest BCUT2D eigenvalue weighted by Crippen LogP contribution is -1.86. The molecule has 19 heavy (non-hydrogen) atoms. The first kappa shape index (κ1) is 11.8. The average molecular weight is 249 g/mol. The number of hydrogen-bond donors (Lipinski definition) is 0. The Labute approximate surface area is 113 Å². The van der Waals surface area contributed by atoms with Crippen LogP contribution in [0.5, 0.6) is 5.75 Å². The molecule has 1 aliphatic rings. The van der Waals surface area contributed by atoms with Crippen LogP contribution in [0.15, 0.2) is 48.5 Å². The molecule has 2 heteroatoms. The minimum atomic E-state index is 0.598. The highest BCUT2D eigenvalue weighted by Gasteiger charge is 2.39. The van der Waals surface area contributed by atoms with Crippen LogP contribution in [0.25, 0.3) is 0 Å². The lowest BCUT2D eigenvalue weighted by Gasteiger charge is -2.03. The van der Waals surface area contributed by atoms with E-state index in [0.29, 0.717) is 11.8 Å². The van der Waals surface area contributed by atoms with Gasteiger partial charge in [0.05, 0.1) is 18.7 Å². The molecule has 0 bridgehead atoms. The molecule has 2 aromatic carbocycles. The number of nitrogens with zero attached hydrogens (tertiary/aromatic N) is 1. The van der Waals surface area contributed by atoms with Gasteiger partial charge in [-0.3, -0.25) is 0 Å². The highest BCUT2D eigenvalue weighted by atomic mass is 16.5. The first-order valence-electron chi connectivity index (χ1n) is 6.46. The summed E-state index contributed by atoms with van der Waals surface area (Å²) in [5.41, 5.74) is 3.43. The second-order valence-corrected chi connectivity index (χ2v) is 4.96. The molecule has 0 aliphatic heterocycles. The number of hydrogen-bond acceptors (Lipinski definition) is 2. The molecule has 0 spiro atoms. The molecule has 2 aromatic rings. The van der Waals surface area contributed by atoms with E-state index in [1.807, 2.05) is 24.3 Å². The van der Waals surface area contributed by atoms with Gasteiger partial charge in [0.1, 0.15) is 5.75 Å². The van der Waals surface area contributed by atoms with Crippen molar-refractivity contribution in [1.82, 2.24) is 0 Å². The number of ether oxygens (including phenoxy) is 1. The fourth-order valence-corrected chi connectivity index (χ4v) is 2.59. The number of rotatable bonds is 3. The van der Waals surface area contributed by atoms with Crippen LogP contribution in [0, 0.1) is 11.3 Å². The number of benzene rings is 2. The molecular formula is C17H15NO. The van der Waals surface area contributed by atoms with Gasteiger partial charge in [0, 0.05) is 0 Å². The zero-order valence-corrected chi connectivity index (χ0v) is 10.8. The fraction of sp³-hybridized carbons (Fsp3) is 0.235. The fourth-order valence-electron chi connectivity index (χ4n) is 2.59. The third-order valence-electron chi connectivity index (χ3n) is 3.80. The van der Waals surface area contributed by atoms with Gasteiger partial charge in [-0.2, -0.15) is 5.26 Å². The summed E-state index contributed by atoms with van der Waals surface area (Å²) in [4.78, 5) is 0. The van der Waals surface area contributed by atoms with Crippen LogP contribution in [0.4, 0.5) is 0 Å². The van der Waals surface area contributed by atoms with Crippen molar-refractivity contribution in [3.8, 4) is 11.8 Å². The molecular weight excluding hydrogens is 234 g/mol. The van der Waals surface area contributed by atoms with Gasteiger partial charge in [0.2, 0.25) is 0 Å². The van der Waals surface area contributed by atoms with Gasteiger partial charge in [-0.25, -0.2) is 0 Å². The lowest BCUT2D eigenvalue weighted by molar-refractivity contribution is 0.414. The summed E-state index contributed by atoms with van der Waals surface area (Å²) in [5.74, 6) is 2.11. The Bertz CT molecular complexity index is 607. The van der Waals surface area contributed by atoms with Crippen molar-refractivity contribution in [2.45, 2.75) is 18.3 Å². The third-order valence-corrected chi connectivity index (χ3v) is 3.80. The molecule has 1 aliphatic carbocycles. The van der Waals surface area contributed by atoms with E-state index >= 15 is 0 Å². The molecule has 2 nitrogen and oxygen atoms in total. The van der Waals surface area contributed by atoms with Crippen LogP contribution in [-0.4, -0.2) is 7.11 Å². The van der Waals surface area contributed by atoms with E-state index < -0.39 is 0 Å². The van der Waals surface area contributed by atoms with Gasteiger partial charge in [0.15, 0.2) is 0 Å². The van der Waals surface area contributed by atoms with Crippen LogP contribution >= 0.6 is 0 Å². The Morgan fingerprint density at radius 3 is 1.95 bits per heavy atom. The van der Waals surface area contributed by atoms with Crippen molar-refractivity contribution in [3.63, 3.8) is 0 Å². The maximum Gasteiger partial charge on any atom is 0.118 e. The Morgan fingerprint density at radius 1 is 0.947 bits per heavy atom. The number of methoxy groups -OCH3 is 1. The smallest absolute Gasteiger partial charge is 0.118 e. The summed E-state index contributed by atoms with van der Waals surface area (Å²) in [5, 5.41) is 8.80. The zero-order chi connectivity index (χ0) is 13.2. The van der Waals surface area contributed by atoms with Crippen LogP contribution < -0.4 is 4.74 Å². The largest absolute Gasteiger partial charge is 0.497 e. The predicted octanol–water partition coefficient (Wildman–Crippen LogP) is 3.84. The number of nitriles is 1. The van der Waals surface area contributed by atoms with E-state index in [-0.39, 0.29) is 0 Å². The standard InChI is InChI=1S/C17H15NO/c1-19-15-8-6-14(7-9-15)17-10-16(17)13-4-2-12(11-18)3-5-13/h2-9,16-17H,10H2,1H3/t16-,17+/m0/s1. The molecule has 2 atom stereocenters. The van der Waals surface area contributed by atoms with Crippen molar-refractivity contribution in [2.75, 3.05) is 7.11 Å². The second kappa shape index (κ2) is 4.78. The summed E-state index contributed by atoms with van der Waals surface area (Å²) < 4.78 is 5.18. The van der Waals surface area contributed by atoms with Crippen molar-refractivity contribution in [3.05, 3.63) is 65.2 Å². The molecule has 0 aromatic heterocycles. The summed E-state index contributed by atoms with van der Waals surface area (Å²) in [6.45, 7) is 0. The first-order chi connectivity index (χ1) is 9.31. The highest BCUT2D eigenvalue weighted by Crippen LogP contribution is 2.54. The van der Waals surface area contributed by atoms with Crippen molar-refractivity contribution >= 4 is 0 Å². The van der Waals surface area contributed by atoms with Crippen LogP contribution in [0.1, 0.15) is 34.9 Å². The van der Waals surface area contributed by atoms with Crippen molar-refractivity contribution in [1.29, 1.82) is 5.26 Å². The van der Waals surface area contributed by atoms with Crippen molar-refractivity contribution < 1.29 is 4.74 Å². The van der Waals surface area contributed by atoms with E-state index in [1.165, 1.54) is 17.5 Å².